The summed E-state index contributed by atoms with van der Waals surface area (Å²) < 4.78 is 5.30. The van der Waals surface area contributed by atoms with E-state index in [0.717, 1.165) is 11.3 Å². The van der Waals surface area contributed by atoms with Gasteiger partial charge in [0.2, 0.25) is 5.91 Å². The Hall–Kier alpha value is -1.81. The zero-order valence-electron chi connectivity index (χ0n) is 11.4. The number of carbonyl (C=O) groups excluding carboxylic acids is 1. The van der Waals surface area contributed by atoms with Crippen LogP contribution in [-0.2, 0) is 11.3 Å². The lowest BCUT2D eigenvalue weighted by atomic mass is 10.1. The van der Waals surface area contributed by atoms with Crippen molar-refractivity contribution in [3.8, 4) is 5.75 Å². The molecule has 19 heavy (non-hydrogen) atoms. The molecule has 0 radical (unpaired) electrons. The fourth-order valence-corrected chi connectivity index (χ4v) is 2.36. The van der Waals surface area contributed by atoms with E-state index >= 15 is 0 Å². The van der Waals surface area contributed by atoms with Gasteiger partial charge in [0.1, 0.15) is 5.75 Å². The highest BCUT2D eigenvalue weighted by molar-refractivity contribution is 5.81. The third-order valence-corrected chi connectivity index (χ3v) is 3.41. The molecule has 1 aromatic rings. The minimum Gasteiger partial charge on any atom is -0.496 e. The van der Waals surface area contributed by atoms with Crippen LogP contribution in [0.5, 0.6) is 5.75 Å². The number of methoxy groups -OCH3 is 1. The number of nitrogens with zero attached hydrogens (tertiary/aromatic N) is 1. The molecule has 2 rings (SSSR count). The van der Waals surface area contributed by atoms with Crippen molar-refractivity contribution in [2.75, 3.05) is 14.2 Å². The number of hydrogen-bond acceptors (Lipinski definition) is 3. The van der Waals surface area contributed by atoms with E-state index < -0.39 is 0 Å². The van der Waals surface area contributed by atoms with E-state index in [-0.39, 0.29) is 17.9 Å². The van der Waals surface area contributed by atoms with Crippen molar-refractivity contribution in [2.24, 2.45) is 11.7 Å². The molecule has 2 unspecified atom stereocenters. The van der Waals surface area contributed by atoms with Crippen LogP contribution in [0.25, 0.3) is 0 Å². The van der Waals surface area contributed by atoms with E-state index in [9.17, 15) is 4.79 Å². The zero-order chi connectivity index (χ0) is 13.8. The Morgan fingerprint density at radius 3 is 2.79 bits per heavy atom. The summed E-state index contributed by atoms with van der Waals surface area (Å²) in [6.07, 6.45) is 4.51. The molecule has 0 saturated heterocycles. The molecular formula is C15H20N2O2. The highest BCUT2D eigenvalue weighted by atomic mass is 16.5. The van der Waals surface area contributed by atoms with Crippen LogP contribution < -0.4 is 10.5 Å². The predicted octanol–water partition coefficient (Wildman–Crippen LogP) is 1.56. The Bertz CT molecular complexity index is 485. The van der Waals surface area contributed by atoms with Crippen LogP contribution in [-0.4, -0.2) is 31.0 Å². The average Bonchev–Trinajstić information content (AvgIpc) is 2.85. The molecule has 4 heteroatoms. The van der Waals surface area contributed by atoms with Crippen LogP contribution in [0, 0.1) is 5.92 Å². The van der Waals surface area contributed by atoms with Crippen molar-refractivity contribution < 1.29 is 9.53 Å². The lowest BCUT2D eigenvalue weighted by Crippen LogP contribution is -2.32. The van der Waals surface area contributed by atoms with Gasteiger partial charge in [0.25, 0.3) is 0 Å². The lowest BCUT2D eigenvalue weighted by Gasteiger charge is -2.21. The molecule has 2 N–H and O–H groups in total. The summed E-state index contributed by atoms with van der Waals surface area (Å²) in [5.41, 5.74) is 6.79. The smallest absolute Gasteiger partial charge is 0.229 e. The molecule has 0 aliphatic heterocycles. The first-order valence-electron chi connectivity index (χ1n) is 6.42. The van der Waals surface area contributed by atoms with E-state index in [2.05, 4.69) is 0 Å². The number of carbonyl (C=O) groups is 1. The van der Waals surface area contributed by atoms with Crippen LogP contribution >= 0.6 is 0 Å². The second-order valence-electron chi connectivity index (χ2n) is 4.90. The highest BCUT2D eigenvalue weighted by Crippen LogP contribution is 2.22. The molecule has 0 saturated carbocycles. The van der Waals surface area contributed by atoms with Gasteiger partial charge in [-0.3, -0.25) is 4.79 Å². The molecule has 0 fully saturated rings. The van der Waals surface area contributed by atoms with Crippen molar-refractivity contribution in [1.29, 1.82) is 0 Å². The molecule has 2 atom stereocenters. The second-order valence-corrected chi connectivity index (χ2v) is 4.90. The number of rotatable bonds is 4. The quantitative estimate of drug-likeness (QED) is 0.836. The number of ether oxygens (including phenoxy) is 1. The largest absolute Gasteiger partial charge is 0.496 e. The summed E-state index contributed by atoms with van der Waals surface area (Å²) in [4.78, 5) is 14.0. The maximum atomic E-state index is 12.3. The third kappa shape index (κ3) is 3.15. The monoisotopic (exact) mass is 260 g/mol. The maximum Gasteiger partial charge on any atom is 0.229 e. The first-order chi connectivity index (χ1) is 9.11. The standard InChI is InChI=1S/C15H20N2O2/c1-17(15(18)11-7-8-13(16)9-11)10-12-5-3-4-6-14(12)19-2/h3-8,11,13H,9-10,16H2,1-2H3. The number of para-hydroxylation sites is 1. The first kappa shape index (κ1) is 13.6. The van der Waals surface area contributed by atoms with Crippen LogP contribution in [0.2, 0.25) is 0 Å². The Kier molecular flexibility index (Phi) is 4.22. The van der Waals surface area contributed by atoms with Crippen molar-refractivity contribution in [2.45, 2.75) is 19.0 Å². The van der Waals surface area contributed by atoms with Gasteiger partial charge in [-0.1, -0.05) is 30.4 Å². The molecule has 102 valence electrons. The Morgan fingerprint density at radius 2 is 2.16 bits per heavy atom. The summed E-state index contributed by atoms with van der Waals surface area (Å²) >= 11 is 0. The summed E-state index contributed by atoms with van der Waals surface area (Å²) in [7, 11) is 3.45. The van der Waals surface area contributed by atoms with Gasteiger partial charge in [-0.05, 0) is 12.5 Å². The van der Waals surface area contributed by atoms with Crippen LogP contribution in [0.4, 0.5) is 0 Å². The fraction of sp³-hybridized carbons (Fsp3) is 0.400. The van der Waals surface area contributed by atoms with Crippen molar-refractivity contribution in [1.82, 2.24) is 4.90 Å². The molecule has 0 bridgehead atoms. The van der Waals surface area contributed by atoms with Gasteiger partial charge < -0.3 is 15.4 Å². The summed E-state index contributed by atoms with van der Waals surface area (Å²) in [6.45, 7) is 0.544. The topological polar surface area (TPSA) is 55.6 Å². The van der Waals surface area contributed by atoms with E-state index in [1.807, 2.05) is 43.5 Å². The van der Waals surface area contributed by atoms with Gasteiger partial charge in [0.15, 0.2) is 0 Å². The van der Waals surface area contributed by atoms with Crippen LogP contribution in [0.3, 0.4) is 0 Å². The zero-order valence-corrected chi connectivity index (χ0v) is 11.4. The predicted molar refractivity (Wildman–Crippen MR) is 74.7 cm³/mol. The molecule has 1 aliphatic carbocycles. The number of nitrogens with two attached hydrogens (primary N) is 1. The number of amides is 1. The fourth-order valence-electron chi connectivity index (χ4n) is 2.36. The summed E-state index contributed by atoms with van der Waals surface area (Å²) in [5, 5.41) is 0. The Labute approximate surface area is 113 Å². The molecule has 0 aromatic heterocycles. The van der Waals surface area contributed by atoms with E-state index in [1.54, 1.807) is 12.0 Å². The Balaban J connectivity index is 2.02. The minimum absolute atomic E-state index is 0.00797. The van der Waals surface area contributed by atoms with Crippen LogP contribution in [0.1, 0.15) is 12.0 Å². The molecule has 0 spiro atoms. The van der Waals surface area contributed by atoms with Crippen molar-refractivity contribution in [3.63, 3.8) is 0 Å². The van der Waals surface area contributed by atoms with Gasteiger partial charge in [0, 0.05) is 25.2 Å². The van der Waals surface area contributed by atoms with E-state index in [4.69, 9.17) is 10.5 Å². The van der Waals surface area contributed by atoms with Gasteiger partial charge in [-0.2, -0.15) is 0 Å². The first-order valence-corrected chi connectivity index (χ1v) is 6.42. The lowest BCUT2D eigenvalue weighted by molar-refractivity contribution is -0.133. The molecule has 1 amide bonds. The Morgan fingerprint density at radius 1 is 1.42 bits per heavy atom. The van der Waals surface area contributed by atoms with E-state index in [1.165, 1.54) is 0 Å². The molecule has 1 aromatic carbocycles. The molecule has 0 heterocycles. The minimum atomic E-state index is -0.0882. The molecular weight excluding hydrogens is 240 g/mol. The SMILES string of the molecule is COc1ccccc1CN(C)C(=O)C1C=CC(N)C1. The summed E-state index contributed by atoms with van der Waals surface area (Å²) in [6, 6.07) is 7.75. The molecule has 1 aliphatic rings. The third-order valence-electron chi connectivity index (χ3n) is 3.41. The number of hydrogen-bond donors (Lipinski definition) is 1. The van der Waals surface area contributed by atoms with E-state index in [0.29, 0.717) is 13.0 Å². The van der Waals surface area contributed by atoms with Crippen molar-refractivity contribution in [3.05, 3.63) is 42.0 Å². The maximum absolute atomic E-state index is 12.3. The van der Waals surface area contributed by atoms with Gasteiger partial charge in [-0.25, -0.2) is 0 Å². The van der Waals surface area contributed by atoms with Gasteiger partial charge in [0.05, 0.1) is 13.0 Å². The summed E-state index contributed by atoms with van der Waals surface area (Å²) in [5.74, 6) is 0.825. The molecule has 4 nitrogen and oxygen atoms in total. The number of benzene rings is 1. The van der Waals surface area contributed by atoms with Gasteiger partial charge in [-0.15, -0.1) is 0 Å². The average molecular weight is 260 g/mol. The normalized spacial score (nSPS) is 21.4. The van der Waals surface area contributed by atoms with Crippen molar-refractivity contribution >= 4 is 5.91 Å². The van der Waals surface area contributed by atoms with Crippen LogP contribution in [0.15, 0.2) is 36.4 Å². The highest BCUT2D eigenvalue weighted by Gasteiger charge is 2.25. The van der Waals surface area contributed by atoms with Gasteiger partial charge >= 0.3 is 0 Å². The second kappa shape index (κ2) is 5.89.